The molecule has 3 aromatic rings. The number of rotatable bonds is 8. The second-order valence-corrected chi connectivity index (χ2v) is 7.79. The largest absolute Gasteiger partial charge is 0.493 e. The highest BCUT2D eigenvalue weighted by Gasteiger charge is 2.15. The van der Waals surface area contributed by atoms with Gasteiger partial charge in [0.05, 0.1) is 12.0 Å². The molecule has 0 heterocycles. The predicted octanol–water partition coefficient (Wildman–Crippen LogP) is 3.97. The second-order valence-electron chi connectivity index (χ2n) is 6.02. The van der Waals surface area contributed by atoms with E-state index in [-0.39, 0.29) is 22.9 Å². The van der Waals surface area contributed by atoms with Crippen LogP contribution >= 0.6 is 0 Å². The molecule has 0 saturated carbocycles. The van der Waals surface area contributed by atoms with Crippen molar-refractivity contribution in [2.75, 3.05) is 13.7 Å². The van der Waals surface area contributed by atoms with Gasteiger partial charge in [0.15, 0.2) is 11.5 Å². The molecule has 0 saturated heterocycles. The van der Waals surface area contributed by atoms with Crippen LogP contribution in [0.2, 0.25) is 0 Å². The first kappa shape index (κ1) is 20.0. The minimum absolute atomic E-state index is 0.0713. The molecule has 148 valence electrons. The molecule has 0 aliphatic carbocycles. The van der Waals surface area contributed by atoms with Crippen molar-refractivity contribution in [3.63, 3.8) is 0 Å². The highest BCUT2D eigenvalue weighted by Crippen LogP contribution is 2.29. The minimum Gasteiger partial charge on any atom is -0.493 e. The zero-order valence-electron chi connectivity index (χ0n) is 15.1. The molecule has 5 nitrogen and oxygen atoms in total. The molecular formula is C20H19F2NO4S. The molecule has 0 aromatic heterocycles. The van der Waals surface area contributed by atoms with Crippen LogP contribution in [0, 0.1) is 0 Å². The van der Waals surface area contributed by atoms with Crippen molar-refractivity contribution in [1.82, 2.24) is 4.72 Å². The normalized spacial score (nSPS) is 11.7. The Balaban J connectivity index is 1.67. The van der Waals surface area contributed by atoms with Gasteiger partial charge in [-0.25, -0.2) is 13.1 Å². The molecule has 3 aromatic carbocycles. The summed E-state index contributed by atoms with van der Waals surface area (Å²) in [7, 11) is -2.32. The molecule has 0 bridgehead atoms. The first-order valence-electron chi connectivity index (χ1n) is 8.49. The van der Waals surface area contributed by atoms with Crippen LogP contribution in [0.5, 0.6) is 11.5 Å². The number of methoxy groups -OCH3 is 1. The molecular weight excluding hydrogens is 388 g/mol. The Kier molecular flexibility index (Phi) is 6.11. The number of hydrogen-bond donors (Lipinski definition) is 1. The third-order valence-corrected chi connectivity index (χ3v) is 5.64. The Hall–Kier alpha value is -2.71. The van der Waals surface area contributed by atoms with Crippen LogP contribution < -0.4 is 14.2 Å². The summed E-state index contributed by atoms with van der Waals surface area (Å²) in [5.41, 5.74) is 0.722. The van der Waals surface area contributed by atoms with E-state index in [0.717, 1.165) is 16.3 Å². The highest BCUT2D eigenvalue weighted by molar-refractivity contribution is 7.89. The van der Waals surface area contributed by atoms with Gasteiger partial charge in [-0.3, -0.25) is 0 Å². The molecule has 3 rings (SSSR count). The number of ether oxygens (including phenoxy) is 2. The number of sulfonamides is 1. The average molecular weight is 407 g/mol. The van der Waals surface area contributed by atoms with Gasteiger partial charge in [-0.1, -0.05) is 36.4 Å². The summed E-state index contributed by atoms with van der Waals surface area (Å²) in [5.74, 6) is 0.0909. The first-order chi connectivity index (χ1) is 13.4. The molecule has 0 aliphatic rings. The third-order valence-electron chi connectivity index (χ3n) is 4.18. The summed E-state index contributed by atoms with van der Waals surface area (Å²) in [6.07, 6.45) is 0.359. The van der Waals surface area contributed by atoms with Crippen LogP contribution in [-0.2, 0) is 16.4 Å². The maximum Gasteiger partial charge on any atom is 0.387 e. The molecule has 0 spiro atoms. The summed E-state index contributed by atoms with van der Waals surface area (Å²) in [4.78, 5) is 0.185. The minimum atomic E-state index is -3.67. The van der Waals surface area contributed by atoms with Crippen molar-refractivity contribution < 1.29 is 26.7 Å². The molecule has 0 unspecified atom stereocenters. The van der Waals surface area contributed by atoms with E-state index in [9.17, 15) is 17.2 Å². The summed E-state index contributed by atoms with van der Waals surface area (Å²) in [6, 6.07) is 16.9. The Morgan fingerprint density at radius 1 is 0.964 bits per heavy atom. The lowest BCUT2D eigenvalue weighted by Gasteiger charge is -2.12. The van der Waals surface area contributed by atoms with E-state index in [0.29, 0.717) is 6.42 Å². The van der Waals surface area contributed by atoms with Gasteiger partial charge in [-0.15, -0.1) is 0 Å². The van der Waals surface area contributed by atoms with Gasteiger partial charge in [0.1, 0.15) is 0 Å². The maximum absolute atomic E-state index is 12.5. The van der Waals surface area contributed by atoms with Crippen molar-refractivity contribution in [3.05, 3.63) is 66.2 Å². The molecule has 0 atom stereocenters. The number of benzene rings is 3. The predicted molar refractivity (Wildman–Crippen MR) is 102 cm³/mol. The van der Waals surface area contributed by atoms with Crippen LogP contribution in [0.25, 0.3) is 10.8 Å². The standard InChI is InChI=1S/C20H19F2NO4S/c1-26-19-12-14(6-9-18(19)27-20(21)22)10-11-23-28(24,25)17-8-7-15-4-2-3-5-16(15)13-17/h2-9,12-13,20,23H,10-11H2,1H3. The molecule has 8 heteroatoms. The van der Waals surface area contributed by atoms with Gasteiger partial charge in [-0.05, 0) is 47.0 Å². The summed E-state index contributed by atoms with van der Waals surface area (Å²) in [5, 5.41) is 1.80. The van der Waals surface area contributed by atoms with Crippen molar-refractivity contribution in [2.24, 2.45) is 0 Å². The first-order valence-corrected chi connectivity index (χ1v) is 9.97. The third kappa shape index (κ3) is 4.76. The lowest BCUT2D eigenvalue weighted by Crippen LogP contribution is -2.26. The molecule has 28 heavy (non-hydrogen) atoms. The number of halogens is 2. The van der Waals surface area contributed by atoms with Crippen LogP contribution in [0.4, 0.5) is 8.78 Å². The van der Waals surface area contributed by atoms with Crippen LogP contribution in [0.15, 0.2) is 65.6 Å². The van der Waals surface area contributed by atoms with Crippen molar-refractivity contribution in [2.45, 2.75) is 17.9 Å². The smallest absolute Gasteiger partial charge is 0.387 e. The number of hydrogen-bond acceptors (Lipinski definition) is 4. The van der Waals surface area contributed by atoms with E-state index in [1.165, 1.54) is 13.2 Å². The fourth-order valence-electron chi connectivity index (χ4n) is 2.81. The monoisotopic (exact) mass is 407 g/mol. The van der Waals surface area contributed by atoms with E-state index in [1.54, 1.807) is 30.3 Å². The van der Waals surface area contributed by atoms with Gasteiger partial charge < -0.3 is 9.47 Å². The lowest BCUT2D eigenvalue weighted by atomic mass is 10.1. The summed E-state index contributed by atoms with van der Waals surface area (Å²) >= 11 is 0. The van der Waals surface area contributed by atoms with Crippen LogP contribution in [0.3, 0.4) is 0 Å². The Bertz CT molecular complexity index is 1070. The van der Waals surface area contributed by atoms with Crippen LogP contribution in [0.1, 0.15) is 5.56 Å². The fraction of sp³-hybridized carbons (Fsp3) is 0.200. The van der Waals surface area contributed by atoms with Gasteiger partial charge in [-0.2, -0.15) is 8.78 Å². The van der Waals surface area contributed by atoms with Gasteiger partial charge in [0.25, 0.3) is 0 Å². The van der Waals surface area contributed by atoms with E-state index < -0.39 is 16.6 Å². The van der Waals surface area contributed by atoms with E-state index in [4.69, 9.17) is 4.74 Å². The Morgan fingerprint density at radius 3 is 2.43 bits per heavy atom. The fourth-order valence-corrected chi connectivity index (χ4v) is 3.88. The lowest BCUT2D eigenvalue weighted by molar-refractivity contribution is -0.0512. The molecule has 0 amide bonds. The van der Waals surface area contributed by atoms with Gasteiger partial charge >= 0.3 is 6.61 Å². The molecule has 0 fully saturated rings. The van der Waals surface area contributed by atoms with E-state index >= 15 is 0 Å². The topological polar surface area (TPSA) is 64.6 Å². The second kappa shape index (κ2) is 8.53. The summed E-state index contributed by atoms with van der Waals surface area (Å²) < 4.78 is 61.8. The quantitative estimate of drug-likeness (QED) is 0.614. The summed E-state index contributed by atoms with van der Waals surface area (Å²) in [6.45, 7) is -2.80. The van der Waals surface area contributed by atoms with E-state index in [2.05, 4.69) is 9.46 Å². The number of alkyl halides is 2. The van der Waals surface area contributed by atoms with E-state index in [1.807, 2.05) is 24.3 Å². The van der Waals surface area contributed by atoms with Crippen molar-refractivity contribution in [3.8, 4) is 11.5 Å². The van der Waals surface area contributed by atoms with Crippen molar-refractivity contribution >= 4 is 20.8 Å². The zero-order valence-corrected chi connectivity index (χ0v) is 15.9. The van der Waals surface area contributed by atoms with Crippen LogP contribution in [-0.4, -0.2) is 28.7 Å². The molecule has 1 N–H and O–H groups in total. The SMILES string of the molecule is COc1cc(CCNS(=O)(=O)c2ccc3ccccc3c2)ccc1OC(F)F. The number of fused-ring (bicyclic) bond motifs is 1. The van der Waals surface area contributed by atoms with Crippen molar-refractivity contribution in [1.29, 1.82) is 0 Å². The average Bonchev–Trinajstić information content (AvgIpc) is 2.68. The van der Waals surface area contributed by atoms with Gasteiger partial charge in [0.2, 0.25) is 10.0 Å². The zero-order chi connectivity index (χ0) is 20.1. The Morgan fingerprint density at radius 2 is 1.71 bits per heavy atom. The molecule has 0 radical (unpaired) electrons. The highest BCUT2D eigenvalue weighted by atomic mass is 32.2. The Labute approximate surface area is 161 Å². The number of nitrogens with one attached hydrogen (secondary N) is 1. The maximum atomic E-state index is 12.5. The van der Waals surface area contributed by atoms with Gasteiger partial charge in [0, 0.05) is 6.54 Å². The molecule has 0 aliphatic heterocycles.